The summed E-state index contributed by atoms with van der Waals surface area (Å²) in [5, 5.41) is 3.40. The lowest BCUT2D eigenvalue weighted by atomic mass is 10.2. The first kappa shape index (κ1) is 17.9. The minimum atomic E-state index is 0.322. The van der Waals surface area contributed by atoms with E-state index in [9.17, 15) is 0 Å². The van der Waals surface area contributed by atoms with Gasteiger partial charge in [0.1, 0.15) is 0 Å². The van der Waals surface area contributed by atoms with Gasteiger partial charge in [0, 0.05) is 26.4 Å². The molecule has 1 atom stereocenters. The maximum atomic E-state index is 5.76. The van der Waals surface area contributed by atoms with Crippen LogP contribution in [0.5, 0.6) is 0 Å². The zero-order valence-corrected chi connectivity index (χ0v) is 12.7. The largest absolute Gasteiger partial charge is 0.382 e. The molecule has 0 heterocycles. The van der Waals surface area contributed by atoms with Gasteiger partial charge >= 0.3 is 0 Å². The first-order valence-corrected chi connectivity index (χ1v) is 7.71. The lowest BCUT2D eigenvalue weighted by Crippen LogP contribution is -2.28. The van der Waals surface area contributed by atoms with Gasteiger partial charge in [-0.15, -0.1) is 0 Å². The number of unbranched alkanes of at least 4 members (excludes halogenated alkanes) is 4. The van der Waals surface area contributed by atoms with Crippen molar-refractivity contribution in [2.24, 2.45) is 0 Å². The summed E-state index contributed by atoms with van der Waals surface area (Å²) in [5.41, 5.74) is 0. The molecule has 0 aliphatic carbocycles. The molecule has 1 unspecified atom stereocenters. The fraction of sp³-hybridized carbons (Fsp3) is 1.00. The summed E-state index contributed by atoms with van der Waals surface area (Å²) in [7, 11) is 0. The topological polar surface area (TPSA) is 30.5 Å². The highest BCUT2D eigenvalue weighted by molar-refractivity contribution is 4.55. The summed E-state index contributed by atoms with van der Waals surface area (Å²) in [6.45, 7) is 11.0. The Hall–Kier alpha value is -0.120. The maximum Gasteiger partial charge on any atom is 0.0671 e. The average molecular weight is 259 g/mol. The van der Waals surface area contributed by atoms with Gasteiger partial charge in [-0.1, -0.05) is 32.6 Å². The summed E-state index contributed by atoms with van der Waals surface area (Å²) < 4.78 is 11.0. The van der Waals surface area contributed by atoms with E-state index in [4.69, 9.17) is 9.47 Å². The highest BCUT2D eigenvalue weighted by Gasteiger charge is 2.00. The van der Waals surface area contributed by atoms with Gasteiger partial charge in [-0.3, -0.25) is 0 Å². The standard InChI is InChI=1S/C15H33NO2/c1-4-6-7-8-9-13-18-15(3)14-16-11-10-12-17-5-2/h15-16H,4-14H2,1-3H3. The molecule has 0 aromatic heterocycles. The minimum absolute atomic E-state index is 0.322. The molecule has 1 N–H and O–H groups in total. The normalized spacial score (nSPS) is 12.8. The second kappa shape index (κ2) is 14.9. The van der Waals surface area contributed by atoms with Crippen molar-refractivity contribution < 1.29 is 9.47 Å². The molecule has 110 valence electrons. The van der Waals surface area contributed by atoms with E-state index in [1.165, 1.54) is 32.1 Å². The van der Waals surface area contributed by atoms with E-state index in [1.807, 2.05) is 6.92 Å². The van der Waals surface area contributed by atoms with Gasteiger partial charge in [0.15, 0.2) is 0 Å². The van der Waals surface area contributed by atoms with Crippen molar-refractivity contribution in [3.05, 3.63) is 0 Å². The van der Waals surface area contributed by atoms with Crippen LogP contribution in [0.2, 0.25) is 0 Å². The number of hydrogen-bond acceptors (Lipinski definition) is 3. The Morgan fingerprint density at radius 2 is 1.72 bits per heavy atom. The van der Waals surface area contributed by atoms with Crippen molar-refractivity contribution in [1.82, 2.24) is 5.32 Å². The van der Waals surface area contributed by atoms with Gasteiger partial charge < -0.3 is 14.8 Å². The Kier molecular flexibility index (Phi) is 14.8. The molecule has 0 aromatic rings. The monoisotopic (exact) mass is 259 g/mol. The summed E-state index contributed by atoms with van der Waals surface area (Å²) in [4.78, 5) is 0. The minimum Gasteiger partial charge on any atom is -0.382 e. The van der Waals surface area contributed by atoms with Crippen LogP contribution >= 0.6 is 0 Å². The van der Waals surface area contributed by atoms with Crippen molar-refractivity contribution in [2.45, 2.75) is 65.4 Å². The molecule has 0 amide bonds. The van der Waals surface area contributed by atoms with Crippen molar-refractivity contribution in [2.75, 3.05) is 32.9 Å². The number of ether oxygens (including phenoxy) is 2. The molecular formula is C15H33NO2. The van der Waals surface area contributed by atoms with Crippen LogP contribution in [-0.2, 0) is 9.47 Å². The fourth-order valence-corrected chi connectivity index (χ4v) is 1.80. The molecule has 18 heavy (non-hydrogen) atoms. The molecule has 0 fully saturated rings. The third-order valence-corrected chi connectivity index (χ3v) is 2.93. The van der Waals surface area contributed by atoms with E-state index < -0.39 is 0 Å². The van der Waals surface area contributed by atoms with Crippen LogP contribution in [0.1, 0.15) is 59.3 Å². The van der Waals surface area contributed by atoms with Crippen LogP contribution in [0, 0.1) is 0 Å². The van der Waals surface area contributed by atoms with Crippen molar-refractivity contribution in [3.8, 4) is 0 Å². The van der Waals surface area contributed by atoms with Crippen LogP contribution in [-0.4, -0.2) is 39.0 Å². The van der Waals surface area contributed by atoms with E-state index in [1.54, 1.807) is 0 Å². The lowest BCUT2D eigenvalue weighted by molar-refractivity contribution is 0.0624. The van der Waals surface area contributed by atoms with Gasteiger partial charge in [0.25, 0.3) is 0 Å². The van der Waals surface area contributed by atoms with E-state index in [0.717, 1.165) is 39.3 Å². The SMILES string of the molecule is CCCCCCCOC(C)CNCCCOCC. The third-order valence-electron chi connectivity index (χ3n) is 2.93. The van der Waals surface area contributed by atoms with Crippen molar-refractivity contribution in [1.29, 1.82) is 0 Å². The predicted octanol–water partition coefficient (Wildman–Crippen LogP) is 3.38. The molecular weight excluding hydrogens is 226 g/mol. The van der Waals surface area contributed by atoms with Crippen LogP contribution in [0.25, 0.3) is 0 Å². The predicted molar refractivity (Wildman–Crippen MR) is 78.2 cm³/mol. The molecule has 3 heteroatoms. The van der Waals surface area contributed by atoms with Gasteiger partial charge in [0.05, 0.1) is 6.10 Å². The van der Waals surface area contributed by atoms with Gasteiger partial charge in [-0.2, -0.15) is 0 Å². The summed E-state index contributed by atoms with van der Waals surface area (Å²) in [5.74, 6) is 0. The Morgan fingerprint density at radius 1 is 0.944 bits per heavy atom. The second-order valence-corrected chi connectivity index (χ2v) is 4.85. The molecule has 0 aliphatic rings. The van der Waals surface area contributed by atoms with Crippen molar-refractivity contribution >= 4 is 0 Å². The fourth-order valence-electron chi connectivity index (χ4n) is 1.80. The van der Waals surface area contributed by atoms with Gasteiger partial charge in [-0.25, -0.2) is 0 Å². The first-order chi connectivity index (χ1) is 8.81. The molecule has 0 bridgehead atoms. The molecule has 0 saturated carbocycles. The average Bonchev–Trinajstić information content (AvgIpc) is 2.38. The molecule has 0 radical (unpaired) electrons. The number of rotatable bonds is 14. The van der Waals surface area contributed by atoms with Gasteiger partial charge in [-0.05, 0) is 33.2 Å². The lowest BCUT2D eigenvalue weighted by Gasteiger charge is -2.14. The zero-order valence-electron chi connectivity index (χ0n) is 12.7. The number of nitrogens with one attached hydrogen (secondary N) is 1. The molecule has 0 aliphatic heterocycles. The van der Waals surface area contributed by atoms with Crippen molar-refractivity contribution in [3.63, 3.8) is 0 Å². The summed E-state index contributed by atoms with van der Waals surface area (Å²) in [6.07, 6.45) is 7.93. The van der Waals surface area contributed by atoms with E-state index in [2.05, 4.69) is 19.2 Å². The van der Waals surface area contributed by atoms with E-state index >= 15 is 0 Å². The Morgan fingerprint density at radius 3 is 2.44 bits per heavy atom. The first-order valence-electron chi connectivity index (χ1n) is 7.71. The quantitative estimate of drug-likeness (QED) is 0.485. The van der Waals surface area contributed by atoms with Crippen LogP contribution in [0.15, 0.2) is 0 Å². The Bertz CT molecular complexity index is 137. The molecule has 0 spiro atoms. The molecule has 0 saturated heterocycles. The van der Waals surface area contributed by atoms with Crippen LogP contribution < -0.4 is 5.32 Å². The summed E-state index contributed by atoms with van der Waals surface area (Å²) >= 11 is 0. The molecule has 3 nitrogen and oxygen atoms in total. The highest BCUT2D eigenvalue weighted by atomic mass is 16.5. The van der Waals surface area contributed by atoms with Crippen LogP contribution in [0.4, 0.5) is 0 Å². The number of hydrogen-bond donors (Lipinski definition) is 1. The maximum absolute atomic E-state index is 5.76. The molecule has 0 rings (SSSR count). The Labute approximate surface area is 114 Å². The van der Waals surface area contributed by atoms with E-state index in [-0.39, 0.29) is 0 Å². The Balaban J connectivity index is 3.10. The third kappa shape index (κ3) is 13.9. The summed E-state index contributed by atoms with van der Waals surface area (Å²) in [6, 6.07) is 0. The highest BCUT2D eigenvalue weighted by Crippen LogP contribution is 2.03. The smallest absolute Gasteiger partial charge is 0.0671 e. The van der Waals surface area contributed by atoms with E-state index in [0.29, 0.717) is 6.10 Å². The van der Waals surface area contributed by atoms with Crippen LogP contribution in [0.3, 0.4) is 0 Å². The molecule has 0 aromatic carbocycles. The van der Waals surface area contributed by atoms with Gasteiger partial charge in [0.2, 0.25) is 0 Å². The second-order valence-electron chi connectivity index (χ2n) is 4.85. The zero-order chi connectivity index (χ0) is 13.5.